The Labute approximate surface area is 87.7 Å². The third-order valence-corrected chi connectivity index (χ3v) is 2.90. The third-order valence-electron chi connectivity index (χ3n) is 2.90. The Kier molecular flexibility index (Phi) is 4.99. The van der Waals surface area contributed by atoms with Crippen molar-refractivity contribution in [3.63, 3.8) is 0 Å². The van der Waals surface area contributed by atoms with Gasteiger partial charge in [0.2, 0.25) is 5.91 Å². The van der Waals surface area contributed by atoms with Crippen LogP contribution >= 0.6 is 0 Å². The number of hydrogen-bond acceptors (Lipinski definition) is 1. The smallest absolute Gasteiger partial charge is 0.225 e. The predicted octanol–water partition coefficient (Wildman–Crippen LogP) is 2.83. The SMILES string of the molecule is CCCCCCN(CC)C(=O)C1CC1. The lowest BCUT2D eigenvalue weighted by Gasteiger charge is -2.20. The van der Waals surface area contributed by atoms with Crippen molar-refractivity contribution >= 4 is 5.91 Å². The molecule has 1 aliphatic carbocycles. The van der Waals surface area contributed by atoms with Crippen molar-refractivity contribution in [2.24, 2.45) is 5.92 Å². The fourth-order valence-electron chi connectivity index (χ4n) is 1.74. The van der Waals surface area contributed by atoms with E-state index in [2.05, 4.69) is 13.8 Å². The molecule has 1 saturated carbocycles. The number of carbonyl (C=O) groups is 1. The minimum Gasteiger partial charge on any atom is -0.343 e. The Hall–Kier alpha value is -0.530. The maximum atomic E-state index is 11.7. The average Bonchev–Trinajstić information content (AvgIpc) is 3.00. The van der Waals surface area contributed by atoms with Crippen LogP contribution in [0, 0.1) is 5.92 Å². The lowest BCUT2D eigenvalue weighted by molar-refractivity contribution is -0.132. The Bertz CT molecular complexity index is 175. The summed E-state index contributed by atoms with van der Waals surface area (Å²) in [7, 11) is 0. The Morgan fingerprint density at radius 1 is 1.21 bits per heavy atom. The van der Waals surface area contributed by atoms with E-state index in [1.165, 1.54) is 25.7 Å². The fourth-order valence-corrected chi connectivity index (χ4v) is 1.74. The molecule has 0 N–H and O–H groups in total. The number of rotatable bonds is 7. The molecule has 0 radical (unpaired) electrons. The van der Waals surface area contributed by atoms with Crippen molar-refractivity contribution in [1.82, 2.24) is 4.90 Å². The van der Waals surface area contributed by atoms with Crippen LogP contribution in [0.3, 0.4) is 0 Å². The van der Waals surface area contributed by atoms with E-state index >= 15 is 0 Å². The Morgan fingerprint density at radius 3 is 2.43 bits per heavy atom. The zero-order chi connectivity index (χ0) is 10.4. The molecule has 0 aliphatic heterocycles. The monoisotopic (exact) mass is 197 g/mol. The highest BCUT2D eigenvalue weighted by Gasteiger charge is 2.32. The molecule has 82 valence electrons. The second-order valence-corrected chi connectivity index (χ2v) is 4.25. The minimum absolute atomic E-state index is 0.390. The van der Waals surface area contributed by atoms with E-state index in [-0.39, 0.29) is 0 Å². The fraction of sp³-hybridized carbons (Fsp3) is 0.917. The molecule has 14 heavy (non-hydrogen) atoms. The second kappa shape index (κ2) is 6.05. The molecule has 0 bridgehead atoms. The summed E-state index contributed by atoms with van der Waals surface area (Å²) in [6, 6.07) is 0. The number of nitrogens with zero attached hydrogens (tertiary/aromatic N) is 1. The van der Waals surface area contributed by atoms with Crippen LogP contribution in [-0.2, 0) is 4.79 Å². The van der Waals surface area contributed by atoms with Crippen LogP contribution in [0.4, 0.5) is 0 Å². The van der Waals surface area contributed by atoms with Gasteiger partial charge in [0.05, 0.1) is 0 Å². The number of amides is 1. The van der Waals surface area contributed by atoms with Crippen molar-refractivity contribution in [2.75, 3.05) is 13.1 Å². The van der Waals surface area contributed by atoms with E-state index in [4.69, 9.17) is 0 Å². The molecule has 0 aromatic rings. The van der Waals surface area contributed by atoms with Gasteiger partial charge >= 0.3 is 0 Å². The summed E-state index contributed by atoms with van der Waals surface area (Å²) >= 11 is 0. The van der Waals surface area contributed by atoms with Crippen LogP contribution < -0.4 is 0 Å². The van der Waals surface area contributed by atoms with Crippen LogP contribution in [0.25, 0.3) is 0 Å². The van der Waals surface area contributed by atoms with Gasteiger partial charge < -0.3 is 4.90 Å². The minimum atomic E-state index is 0.390. The number of unbranched alkanes of at least 4 members (excludes halogenated alkanes) is 3. The summed E-state index contributed by atoms with van der Waals surface area (Å²) in [5.74, 6) is 0.796. The summed E-state index contributed by atoms with van der Waals surface area (Å²) in [4.78, 5) is 13.8. The summed E-state index contributed by atoms with van der Waals surface area (Å²) in [6.07, 6.45) is 7.28. The van der Waals surface area contributed by atoms with E-state index in [0.717, 1.165) is 25.9 Å². The molecule has 1 fully saturated rings. The molecule has 0 atom stereocenters. The van der Waals surface area contributed by atoms with Crippen molar-refractivity contribution in [2.45, 2.75) is 52.4 Å². The molecule has 0 saturated heterocycles. The average molecular weight is 197 g/mol. The largest absolute Gasteiger partial charge is 0.343 e. The van der Waals surface area contributed by atoms with Crippen LogP contribution in [0.5, 0.6) is 0 Å². The maximum Gasteiger partial charge on any atom is 0.225 e. The van der Waals surface area contributed by atoms with Crippen molar-refractivity contribution in [3.05, 3.63) is 0 Å². The standard InChI is InChI=1S/C12H23NO/c1-3-5-6-7-10-13(4-2)12(14)11-8-9-11/h11H,3-10H2,1-2H3. The molecule has 0 aromatic carbocycles. The first kappa shape index (κ1) is 11.5. The van der Waals surface area contributed by atoms with Crippen LogP contribution in [-0.4, -0.2) is 23.9 Å². The van der Waals surface area contributed by atoms with Crippen molar-refractivity contribution < 1.29 is 4.79 Å². The first-order valence-electron chi connectivity index (χ1n) is 6.08. The van der Waals surface area contributed by atoms with Gasteiger partial charge in [-0.15, -0.1) is 0 Å². The third kappa shape index (κ3) is 3.69. The summed E-state index contributed by atoms with van der Waals surface area (Å²) < 4.78 is 0. The van der Waals surface area contributed by atoms with Gasteiger partial charge in [0, 0.05) is 19.0 Å². The van der Waals surface area contributed by atoms with Gasteiger partial charge in [-0.05, 0) is 26.2 Å². The van der Waals surface area contributed by atoms with E-state index < -0.39 is 0 Å². The Morgan fingerprint density at radius 2 is 1.93 bits per heavy atom. The zero-order valence-corrected chi connectivity index (χ0v) is 9.59. The van der Waals surface area contributed by atoms with Crippen molar-refractivity contribution in [3.8, 4) is 0 Å². The first-order chi connectivity index (χ1) is 6.79. The zero-order valence-electron chi connectivity index (χ0n) is 9.59. The first-order valence-corrected chi connectivity index (χ1v) is 6.08. The van der Waals surface area contributed by atoms with Crippen LogP contribution in [0.15, 0.2) is 0 Å². The number of hydrogen-bond donors (Lipinski definition) is 0. The van der Waals surface area contributed by atoms with E-state index in [1.54, 1.807) is 0 Å². The topological polar surface area (TPSA) is 20.3 Å². The molecule has 0 unspecified atom stereocenters. The summed E-state index contributed by atoms with van der Waals surface area (Å²) in [6.45, 7) is 6.17. The molecule has 0 aromatic heterocycles. The second-order valence-electron chi connectivity index (χ2n) is 4.25. The van der Waals surface area contributed by atoms with Gasteiger partial charge in [0.15, 0.2) is 0 Å². The highest BCUT2D eigenvalue weighted by molar-refractivity contribution is 5.80. The van der Waals surface area contributed by atoms with Crippen LogP contribution in [0.1, 0.15) is 52.4 Å². The summed E-state index contributed by atoms with van der Waals surface area (Å²) in [5.41, 5.74) is 0. The van der Waals surface area contributed by atoms with E-state index in [0.29, 0.717) is 11.8 Å². The van der Waals surface area contributed by atoms with Gasteiger partial charge in [0.25, 0.3) is 0 Å². The molecule has 0 spiro atoms. The lowest BCUT2D eigenvalue weighted by Crippen LogP contribution is -2.32. The molecule has 1 aliphatic rings. The lowest BCUT2D eigenvalue weighted by atomic mass is 10.2. The molecular formula is C12H23NO. The molecular weight excluding hydrogens is 174 g/mol. The summed E-state index contributed by atoms with van der Waals surface area (Å²) in [5, 5.41) is 0. The Balaban J connectivity index is 2.13. The van der Waals surface area contributed by atoms with Gasteiger partial charge in [-0.25, -0.2) is 0 Å². The molecule has 1 amide bonds. The predicted molar refractivity (Wildman–Crippen MR) is 59.1 cm³/mol. The van der Waals surface area contributed by atoms with Crippen LogP contribution in [0.2, 0.25) is 0 Å². The highest BCUT2D eigenvalue weighted by atomic mass is 16.2. The molecule has 2 nitrogen and oxygen atoms in total. The molecule has 0 heterocycles. The maximum absolute atomic E-state index is 11.7. The quantitative estimate of drug-likeness (QED) is 0.575. The number of carbonyl (C=O) groups excluding carboxylic acids is 1. The highest BCUT2D eigenvalue weighted by Crippen LogP contribution is 2.30. The molecule has 2 heteroatoms. The van der Waals surface area contributed by atoms with E-state index in [9.17, 15) is 4.79 Å². The van der Waals surface area contributed by atoms with Gasteiger partial charge in [-0.3, -0.25) is 4.79 Å². The molecule has 1 rings (SSSR count). The van der Waals surface area contributed by atoms with Gasteiger partial charge in [-0.2, -0.15) is 0 Å². The normalized spacial score (nSPS) is 15.6. The van der Waals surface area contributed by atoms with Crippen molar-refractivity contribution in [1.29, 1.82) is 0 Å². The van der Waals surface area contributed by atoms with Gasteiger partial charge in [0.1, 0.15) is 0 Å². The van der Waals surface area contributed by atoms with Gasteiger partial charge in [-0.1, -0.05) is 26.2 Å². The van der Waals surface area contributed by atoms with E-state index in [1.807, 2.05) is 4.90 Å².